The molecule has 2 aliphatic rings. The van der Waals surface area contributed by atoms with Gasteiger partial charge in [0.1, 0.15) is 11.6 Å². The summed E-state index contributed by atoms with van der Waals surface area (Å²) in [6.07, 6.45) is 22.0. The molecular weight excluding hydrogens is 428 g/mol. The molecule has 3 rings (SSSR count). The lowest BCUT2D eigenvalue weighted by molar-refractivity contribution is -0.125. The predicted molar refractivity (Wildman–Crippen MR) is 148 cm³/mol. The number of rotatable bonds is 15. The van der Waals surface area contributed by atoms with Gasteiger partial charge in [-0.15, -0.1) is 0 Å². The van der Waals surface area contributed by atoms with Gasteiger partial charge in [0, 0.05) is 25.2 Å². The Hall–Kier alpha value is -1.44. The van der Waals surface area contributed by atoms with Crippen molar-refractivity contribution in [2.24, 2.45) is 17.8 Å². The van der Waals surface area contributed by atoms with Gasteiger partial charge in [-0.05, 0) is 73.8 Å². The number of hydrogen-bond acceptors (Lipinski definition) is 2. The highest BCUT2D eigenvalue weighted by Crippen LogP contribution is 2.39. The predicted octanol–water partition coefficient (Wildman–Crippen LogP) is 9.39. The summed E-state index contributed by atoms with van der Waals surface area (Å²) in [5, 5.41) is 0. The molecule has 0 saturated heterocycles. The molecule has 0 spiro atoms. The van der Waals surface area contributed by atoms with Gasteiger partial charge < -0.3 is 0 Å². The summed E-state index contributed by atoms with van der Waals surface area (Å²) < 4.78 is 0. The maximum Gasteiger partial charge on any atom is 0.136 e. The van der Waals surface area contributed by atoms with E-state index in [0.717, 1.165) is 57.3 Å². The van der Waals surface area contributed by atoms with Crippen molar-refractivity contribution in [1.82, 2.24) is 0 Å². The largest absolute Gasteiger partial charge is 0.300 e. The molecule has 0 amide bonds. The number of benzene rings is 1. The summed E-state index contributed by atoms with van der Waals surface area (Å²) in [5.74, 6) is 3.30. The van der Waals surface area contributed by atoms with Crippen LogP contribution in [0.4, 0.5) is 0 Å². The van der Waals surface area contributed by atoms with Crippen molar-refractivity contribution in [1.29, 1.82) is 0 Å². The van der Waals surface area contributed by atoms with Gasteiger partial charge in [0.2, 0.25) is 0 Å². The van der Waals surface area contributed by atoms with Crippen LogP contribution in [-0.4, -0.2) is 11.6 Å². The maximum absolute atomic E-state index is 13.4. The zero-order valence-corrected chi connectivity index (χ0v) is 22.9. The zero-order chi connectivity index (χ0) is 24.9. The van der Waals surface area contributed by atoms with Crippen LogP contribution in [0, 0.1) is 17.8 Å². The van der Waals surface area contributed by atoms with E-state index < -0.39 is 0 Å². The molecule has 2 heteroatoms. The fourth-order valence-electron chi connectivity index (χ4n) is 6.80. The smallest absolute Gasteiger partial charge is 0.136 e. The molecule has 196 valence electrons. The van der Waals surface area contributed by atoms with E-state index in [2.05, 4.69) is 31.2 Å². The fraction of sp³-hybridized carbons (Fsp3) is 0.758. The highest BCUT2D eigenvalue weighted by atomic mass is 16.1. The molecule has 2 saturated carbocycles. The quantitative estimate of drug-likeness (QED) is 0.234. The van der Waals surface area contributed by atoms with E-state index in [-0.39, 0.29) is 5.92 Å². The lowest BCUT2D eigenvalue weighted by atomic mass is 9.73. The van der Waals surface area contributed by atoms with Crippen molar-refractivity contribution in [3.05, 3.63) is 35.4 Å². The molecule has 2 nitrogen and oxygen atoms in total. The first kappa shape index (κ1) is 28.1. The van der Waals surface area contributed by atoms with Crippen molar-refractivity contribution >= 4 is 11.6 Å². The summed E-state index contributed by atoms with van der Waals surface area (Å²) in [7, 11) is 0. The molecule has 2 aliphatic carbocycles. The van der Waals surface area contributed by atoms with Gasteiger partial charge in [-0.25, -0.2) is 0 Å². The lowest BCUT2D eigenvalue weighted by Gasteiger charge is -2.31. The van der Waals surface area contributed by atoms with Gasteiger partial charge in [0.05, 0.1) is 0 Å². The van der Waals surface area contributed by atoms with Gasteiger partial charge in [0.15, 0.2) is 0 Å². The maximum atomic E-state index is 13.4. The molecule has 0 aromatic heterocycles. The molecule has 2 fully saturated rings. The Labute approximate surface area is 216 Å². The monoisotopic (exact) mass is 480 g/mol. The minimum absolute atomic E-state index is 0.282. The minimum atomic E-state index is 0.282. The lowest BCUT2D eigenvalue weighted by Crippen LogP contribution is -2.25. The number of ketones is 2. The first-order valence-corrected chi connectivity index (χ1v) is 15.2. The highest BCUT2D eigenvalue weighted by molar-refractivity contribution is 5.81. The van der Waals surface area contributed by atoms with E-state index in [1.165, 1.54) is 75.3 Å². The molecule has 35 heavy (non-hydrogen) atoms. The number of carbonyl (C=O) groups excluding carboxylic acids is 2. The van der Waals surface area contributed by atoms with Gasteiger partial charge in [0.25, 0.3) is 0 Å². The van der Waals surface area contributed by atoms with Crippen LogP contribution < -0.4 is 0 Å². The first-order chi connectivity index (χ1) is 17.1. The number of hydrogen-bond donors (Lipinski definition) is 0. The van der Waals surface area contributed by atoms with E-state index in [4.69, 9.17) is 0 Å². The van der Waals surface area contributed by atoms with E-state index in [1.54, 1.807) is 0 Å². The van der Waals surface area contributed by atoms with Gasteiger partial charge in [-0.2, -0.15) is 0 Å². The normalized spacial score (nSPS) is 22.1. The van der Waals surface area contributed by atoms with Crippen LogP contribution in [-0.2, 0) is 16.0 Å². The average Bonchev–Trinajstić information content (AvgIpc) is 2.89. The third-order valence-electron chi connectivity index (χ3n) is 8.97. The number of Topliss-reactive ketones (excluding diaryl/α,β-unsaturated/α-hetero) is 2. The second-order valence-corrected chi connectivity index (χ2v) is 11.8. The summed E-state index contributed by atoms with van der Waals surface area (Å²) in [5.41, 5.74) is 2.84. The fourth-order valence-corrected chi connectivity index (χ4v) is 6.80. The van der Waals surface area contributed by atoms with Crippen LogP contribution in [0.1, 0.15) is 146 Å². The molecule has 0 aliphatic heterocycles. The Morgan fingerprint density at radius 2 is 1.66 bits per heavy atom. The van der Waals surface area contributed by atoms with Crippen molar-refractivity contribution in [3.63, 3.8) is 0 Å². The second-order valence-electron chi connectivity index (χ2n) is 11.8. The van der Waals surface area contributed by atoms with Crippen LogP contribution in [0.3, 0.4) is 0 Å². The summed E-state index contributed by atoms with van der Waals surface area (Å²) in [4.78, 5) is 24.8. The van der Waals surface area contributed by atoms with E-state index >= 15 is 0 Å². The molecule has 3 unspecified atom stereocenters. The Bertz CT molecular complexity index is 743. The number of aryl methyl sites for hydroxylation is 1. The van der Waals surface area contributed by atoms with Crippen molar-refractivity contribution in [2.75, 3.05) is 0 Å². The van der Waals surface area contributed by atoms with Crippen molar-refractivity contribution in [2.45, 2.75) is 142 Å². The Morgan fingerprint density at radius 1 is 0.886 bits per heavy atom. The van der Waals surface area contributed by atoms with Gasteiger partial charge in [-0.1, -0.05) is 95.9 Å². The molecule has 0 radical (unpaired) electrons. The number of carbonyl (C=O) groups is 2. The Balaban J connectivity index is 1.45. The van der Waals surface area contributed by atoms with Gasteiger partial charge in [-0.3, -0.25) is 9.59 Å². The standard InChI is InChI=1S/C33H52O2/c1-3-12-28(23-27-14-8-5-9-15-27)24-33(35)31-17-11-16-30(25-31)29-21-19-26(20-22-29)13-7-6-10-18-32(34)4-2/h19-22,27-28,30-31H,3-18,23-25H2,1-2H3. The molecule has 0 heterocycles. The third kappa shape index (κ3) is 9.85. The van der Waals surface area contributed by atoms with Crippen LogP contribution in [0.5, 0.6) is 0 Å². The topological polar surface area (TPSA) is 34.1 Å². The molecule has 1 aromatic rings. The van der Waals surface area contributed by atoms with Crippen molar-refractivity contribution < 1.29 is 9.59 Å². The number of unbranched alkanes of at least 4 members (excludes halogenated alkanes) is 2. The van der Waals surface area contributed by atoms with E-state index in [9.17, 15) is 9.59 Å². The second kappa shape index (κ2) is 15.6. The molecular formula is C33H52O2. The zero-order valence-electron chi connectivity index (χ0n) is 22.9. The molecule has 0 bridgehead atoms. The summed E-state index contributed by atoms with van der Waals surface area (Å²) in [6.45, 7) is 4.24. The summed E-state index contributed by atoms with van der Waals surface area (Å²) >= 11 is 0. The molecule has 3 atom stereocenters. The first-order valence-electron chi connectivity index (χ1n) is 15.2. The van der Waals surface area contributed by atoms with E-state index in [0.29, 0.717) is 29.8 Å². The Morgan fingerprint density at radius 3 is 2.37 bits per heavy atom. The van der Waals surface area contributed by atoms with Crippen LogP contribution in [0.2, 0.25) is 0 Å². The SMILES string of the molecule is CCCC(CC(=O)C1CCCC(c2ccc(CCCCCC(=O)CC)cc2)C1)CC1CCCCC1. The van der Waals surface area contributed by atoms with E-state index in [1.807, 2.05) is 6.92 Å². The third-order valence-corrected chi connectivity index (χ3v) is 8.97. The summed E-state index contributed by atoms with van der Waals surface area (Å²) in [6, 6.07) is 9.27. The van der Waals surface area contributed by atoms with Crippen LogP contribution in [0.25, 0.3) is 0 Å². The minimum Gasteiger partial charge on any atom is -0.300 e. The van der Waals surface area contributed by atoms with Crippen LogP contribution >= 0.6 is 0 Å². The highest BCUT2D eigenvalue weighted by Gasteiger charge is 2.30. The van der Waals surface area contributed by atoms with Crippen LogP contribution in [0.15, 0.2) is 24.3 Å². The van der Waals surface area contributed by atoms with Crippen molar-refractivity contribution in [3.8, 4) is 0 Å². The van der Waals surface area contributed by atoms with Gasteiger partial charge >= 0.3 is 0 Å². The molecule has 0 N–H and O–H groups in total. The average molecular weight is 481 g/mol. The Kier molecular flexibility index (Phi) is 12.6. The molecule has 1 aromatic carbocycles.